The molecule has 0 unspecified atom stereocenters. The van der Waals surface area contributed by atoms with Gasteiger partial charge in [0.05, 0.1) is 7.11 Å². The van der Waals surface area contributed by atoms with Crippen LogP contribution in [0.1, 0.15) is 74.5 Å². The molecule has 0 atom stereocenters. The van der Waals surface area contributed by atoms with Crippen LogP contribution in [0.5, 0.6) is 5.75 Å². The standard InChI is InChI=1S/C29H34O3/c1-32-27(31)12-4-2-3-7-21-13-15-24(16-14-21)29(25-17-19-26(30)20-18-25)28-22-8-5-9-23(28)11-6-10-22/h3,7,13-20,22-23,30H,2,4-6,8-12H2,1H3/b7-3+,29-28?. The average molecular weight is 431 g/mol. The van der Waals surface area contributed by atoms with Gasteiger partial charge < -0.3 is 9.84 Å². The van der Waals surface area contributed by atoms with Crippen LogP contribution in [0.3, 0.4) is 0 Å². The Bertz CT molecular complexity index is 942. The SMILES string of the molecule is COC(=O)CCC/C=C/c1ccc(C(=C2C3CCCC2CCC3)c2ccc(O)cc2)cc1. The molecular weight excluding hydrogens is 396 g/mol. The summed E-state index contributed by atoms with van der Waals surface area (Å²) in [7, 11) is 1.43. The summed E-state index contributed by atoms with van der Waals surface area (Å²) in [6.07, 6.45) is 14.3. The number of carbonyl (C=O) groups excluding carboxylic acids is 1. The van der Waals surface area contributed by atoms with Gasteiger partial charge in [-0.15, -0.1) is 0 Å². The van der Waals surface area contributed by atoms with Crippen molar-refractivity contribution in [2.75, 3.05) is 7.11 Å². The molecule has 0 spiro atoms. The summed E-state index contributed by atoms with van der Waals surface area (Å²) in [5, 5.41) is 9.83. The molecule has 2 fully saturated rings. The molecule has 3 nitrogen and oxygen atoms in total. The molecule has 0 heterocycles. The Labute approximate surface area is 191 Å². The first kappa shape index (κ1) is 22.4. The van der Waals surface area contributed by atoms with Crippen molar-refractivity contribution >= 4 is 17.6 Å². The maximum absolute atomic E-state index is 11.2. The Hall–Kier alpha value is -2.81. The van der Waals surface area contributed by atoms with E-state index in [1.54, 1.807) is 17.7 Å². The maximum atomic E-state index is 11.2. The lowest BCUT2D eigenvalue weighted by Crippen LogP contribution is -2.25. The number of ether oxygens (including phenoxy) is 1. The molecule has 3 heteroatoms. The summed E-state index contributed by atoms with van der Waals surface area (Å²) in [5.74, 6) is 1.56. The minimum absolute atomic E-state index is 0.148. The largest absolute Gasteiger partial charge is 0.508 e. The predicted octanol–water partition coefficient (Wildman–Crippen LogP) is 7.15. The van der Waals surface area contributed by atoms with Crippen molar-refractivity contribution in [1.29, 1.82) is 0 Å². The fourth-order valence-electron chi connectivity index (χ4n) is 5.45. The van der Waals surface area contributed by atoms with Gasteiger partial charge in [-0.25, -0.2) is 0 Å². The highest BCUT2D eigenvalue weighted by molar-refractivity contribution is 5.83. The fourth-order valence-corrected chi connectivity index (χ4v) is 5.45. The molecule has 0 saturated heterocycles. The van der Waals surface area contributed by atoms with Crippen LogP contribution in [0.4, 0.5) is 0 Å². The number of carbonyl (C=O) groups is 1. The van der Waals surface area contributed by atoms with E-state index in [9.17, 15) is 9.90 Å². The highest BCUT2D eigenvalue weighted by Crippen LogP contribution is 2.48. The molecule has 1 N–H and O–H groups in total. The molecule has 0 aliphatic heterocycles. The molecule has 4 rings (SSSR count). The number of esters is 1. The number of phenolic OH excluding ortho intramolecular Hbond substituents is 1. The lowest BCUT2D eigenvalue weighted by Gasteiger charge is -2.39. The third-order valence-corrected chi connectivity index (χ3v) is 7.02. The highest BCUT2D eigenvalue weighted by atomic mass is 16.5. The van der Waals surface area contributed by atoms with Crippen LogP contribution >= 0.6 is 0 Å². The average Bonchev–Trinajstić information content (AvgIpc) is 2.81. The number of aromatic hydroxyl groups is 1. The maximum Gasteiger partial charge on any atom is 0.305 e. The molecule has 2 bridgehead atoms. The molecule has 2 aromatic rings. The topological polar surface area (TPSA) is 46.5 Å². The molecule has 2 saturated carbocycles. The molecular formula is C29H34O3. The fraction of sp³-hybridized carbons (Fsp3) is 0.414. The van der Waals surface area contributed by atoms with Crippen LogP contribution in [0.2, 0.25) is 0 Å². The molecule has 0 radical (unpaired) electrons. The van der Waals surface area contributed by atoms with Gasteiger partial charge in [-0.3, -0.25) is 4.79 Å². The zero-order chi connectivity index (χ0) is 22.3. The van der Waals surface area contributed by atoms with Gasteiger partial charge in [0.2, 0.25) is 0 Å². The number of unbranched alkanes of at least 4 members (excludes halogenated alkanes) is 1. The zero-order valence-corrected chi connectivity index (χ0v) is 19.1. The molecule has 2 aliphatic rings. The second-order valence-corrected chi connectivity index (χ2v) is 9.13. The molecule has 0 amide bonds. The first-order valence-electron chi connectivity index (χ1n) is 12.0. The van der Waals surface area contributed by atoms with Gasteiger partial charge in [0.1, 0.15) is 5.75 Å². The lowest BCUT2D eigenvalue weighted by molar-refractivity contribution is -0.140. The van der Waals surface area contributed by atoms with E-state index in [0.717, 1.165) is 12.8 Å². The number of phenols is 1. The summed E-state index contributed by atoms with van der Waals surface area (Å²) in [6.45, 7) is 0. The van der Waals surface area contributed by atoms with Crippen LogP contribution in [-0.2, 0) is 9.53 Å². The Morgan fingerprint density at radius 2 is 1.50 bits per heavy atom. The summed E-state index contributed by atoms with van der Waals surface area (Å²) < 4.78 is 4.69. The van der Waals surface area contributed by atoms with Crippen molar-refractivity contribution in [3.8, 4) is 5.75 Å². The summed E-state index contributed by atoms with van der Waals surface area (Å²) in [5.41, 5.74) is 6.69. The van der Waals surface area contributed by atoms with Crippen LogP contribution in [0.25, 0.3) is 11.6 Å². The van der Waals surface area contributed by atoms with Crippen LogP contribution in [-0.4, -0.2) is 18.2 Å². The van der Waals surface area contributed by atoms with E-state index < -0.39 is 0 Å². The third kappa shape index (κ3) is 5.32. The van der Waals surface area contributed by atoms with Gasteiger partial charge in [0.15, 0.2) is 0 Å². The Balaban J connectivity index is 1.59. The lowest BCUT2D eigenvalue weighted by atomic mass is 9.65. The first-order chi connectivity index (χ1) is 15.7. The van der Waals surface area contributed by atoms with Crippen LogP contribution in [0, 0.1) is 11.8 Å². The Morgan fingerprint density at radius 3 is 2.06 bits per heavy atom. The first-order valence-corrected chi connectivity index (χ1v) is 12.0. The second kappa shape index (κ2) is 10.7. The minimum atomic E-state index is -0.148. The molecule has 2 aliphatic carbocycles. The number of fused-ring (bicyclic) bond motifs is 2. The second-order valence-electron chi connectivity index (χ2n) is 9.13. The number of hydrogen-bond donors (Lipinski definition) is 1. The third-order valence-electron chi connectivity index (χ3n) is 7.02. The van der Waals surface area contributed by atoms with E-state index >= 15 is 0 Å². The van der Waals surface area contributed by atoms with Crippen molar-refractivity contribution in [3.63, 3.8) is 0 Å². The van der Waals surface area contributed by atoms with Gasteiger partial charge >= 0.3 is 5.97 Å². The van der Waals surface area contributed by atoms with E-state index in [0.29, 0.717) is 24.0 Å². The number of allylic oxidation sites excluding steroid dienone is 2. The zero-order valence-electron chi connectivity index (χ0n) is 19.1. The van der Waals surface area contributed by atoms with Gasteiger partial charge in [-0.2, -0.15) is 0 Å². The van der Waals surface area contributed by atoms with E-state index in [-0.39, 0.29) is 5.97 Å². The summed E-state index contributed by atoms with van der Waals surface area (Å²) >= 11 is 0. The monoisotopic (exact) mass is 430 g/mol. The Kier molecular flexibility index (Phi) is 7.47. The molecule has 0 aromatic heterocycles. The van der Waals surface area contributed by atoms with E-state index in [1.165, 1.54) is 67.9 Å². The van der Waals surface area contributed by atoms with E-state index in [4.69, 9.17) is 0 Å². The number of rotatable bonds is 7. The number of hydrogen-bond acceptors (Lipinski definition) is 3. The quantitative estimate of drug-likeness (QED) is 0.375. The number of methoxy groups -OCH3 is 1. The summed E-state index contributed by atoms with van der Waals surface area (Å²) in [4.78, 5) is 11.2. The molecule has 168 valence electrons. The van der Waals surface area contributed by atoms with Crippen molar-refractivity contribution < 1.29 is 14.6 Å². The highest BCUT2D eigenvalue weighted by Gasteiger charge is 2.33. The van der Waals surface area contributed by atoms with Gasteiger partial charge in [-0.05, 0) is 84.8 Å². The molecule has 32 heavy (non-hydrogen) atoms. The summed E-state index contributed by atoms with van der Waals surface area (Å²) in [6, 6.07) is 16.6. The van der Waals surface area contributed by atoms with Gasteiger partial charge in [0, 0.05) is 6.42 Å². The number of benzene rings is 2. The molecule has 2 aromatic carbocycles. The van der Waals surface area contributed by atoms with E-state index in [1.807, 2.05) is 0 Å². The van der Waals surface area contributed by atoms with Crippen LogP contribution < -0.4 is 0 Å². The predicted molar refractivity (Wildman–Crippen MR) is 130 cm³/mol. The van der Waals surface area contributed by atoms with E-state index in [2.05, 4.69) is 53.3 Å². The van der Waals surface area contributed by atoms with Gasteiger partial charge in [-0.1, -0.05) is 67.0 Å². The van der Waals surface area contributed by atoms with Crippen molar-refractivity contribution in [3.05, 3.63) is 76.9 Å². The minimum Gasteiger partial charge on any atom is -0.508 e. The smallest absolute Gasteiger partial charge is 0.305 e. The Morgan fingerprint density at radius 1 is 0.938 bits per heavy atom. The van der Waals surface area contributed by atoms with Crippen molar-refractivity contribution in [2.24, 2.45) is 11.8 Å². The van der Waals surface area contributed by atoms with Crippen molar-refractivity contribution in [1.82, 2.24) is 0 Å². The normalized spacial score (nSPS) is 20.3. The van der Waals surface area contributed by atoms with Gasteiger partial charge in [0.25, 0.3) is 0 Å². The van der Waals surface area contributed by atoms with Crippen LogP contribution in [0.15, 0.2) is 60.2 Å². The van der Waals surface area contributed by atoms with Crippen molar-refractivity contribution in [2.45, 2.75) is 57.8 Å².